The van der Waals surface area contributed by atoms with Gasteiger partial charge in [-0.15, -0.1) is 0 Å². The lowest BCUT2D eigenvalue weighted by Gasteiger charge is -2.30. The number of esters is 1. The number of sulfonamides is 1. The molecular formula is C27H33N3O5S2. The Morgan fingerprint density at radius 2 is 2.03 bits per heavy atom. The zero-order valence-electron chi connectivity index (χ0n) is 21.3. The highest BCUT2D eigenvalue weighted by atomic mass is 32.2. The number of imidazole rings is 1. The summed E-state index contributed by atoms with van der Waals surface area (Å²) in [6.45, 7) is 6.01. The molecule has 2 unspecified atom stereocenters. The van der Waals surface area contributed by atoms with Crippen LogP contribution in [0.3, 0.4) is 0 Å². The summed E-state index contributed by atoms with van der Waals surface area (Å²) >= 11 is 1.54. The molecule has 3 aromatic rings. The van der Waals surface area contributed by atoms with Crippen molar-refractivity contribution in [3.63, 3.8) is 0 Å². The average Bonchev–Trinajstić information content (AvgIpc) is 3.51. The Labute approximate surface area is 222 Å². The molecule has 0 radical (unpaired) electrons. The minimum Gasteiger partial charge on any atom is -0.426 e. The van der Waals surface area contributed by atoms with Gasteiger partial charge in [0.1, 0.15) is 5.75 Å². The van der Waals surface area contributed by atoms with E-state index in [1.807, 2.05) is 24.3 Å². The van der Waals surface area contributed by atoms with Gasteiger partial charge in [-0.25, -0.2) is 13.4 Å². The van der Waals surface area contributed by atoms with Crippen LogP contribution < -0.4 is 4.74 Å². The van der Waals surface area contributed by atoms with E-state index in [2.05, 4.69) is 11.5 Å². The van der Waals surface area contributed by atoms with Crippen LogP contribution in [0.1, 0.15) is 45.1 Å². The van der Waals surface area contributed by atoms with Gasteiger partial charge in [0.05, 0.1) is 28.6 Å². The molecule has 0 spiro atoms. The Morgan fingerprint density at radius 1 is 1.19 bits per heavy atom. The predicted molar refractivity (Wildman–Crippen MR) is 143 cm³/mol. The molecule has 8 nitrogen and oxygen atoms in total. The van der Waals surface area contributed by atoms with Crippen molar-refractivity contribution in [3.8, 4) is 5.75 Å². The van der Waals surface area contributed by atoms with Gasteiger partial charge in [-0.1, -0.05) is 36.9 Å². The fourth-order valence-electron chi connectivity index (χ4n) is 5.06. The number of carbonyl (C=O) groups is 1. The maximum atomic E-state index is 13.4. The summed E-state index contributed by atoms with van der Waals surface area (Å²) in [6.07, 6.45) is 4.06. The van der Waals surface area contributed by atoms with E-state index in [0.29, 0.717) is 42.6 Å². The summed E-state index contributed by atoms with van der Waals surface area (Å²) in [7, 11) is -3.58. The second-order valence-electron chi connectivity index (χ2n) is 9.89. The molecule has 0 N–H and O–H groups in total. The zero-order chi connectivity index (χ0) is 26.0. The van der Waals surface area contributed by atoms with Gasteiger partial charge < -0.3 is 14.0 Å². The minimum absolute atomic E-state index is 0.100. The number of rotatable bonds is 8. The second-order valence-corrected chi connectivity index (χ2v) is 12.8. The van der Waals surface area contributed by atoms with E-state index in [4.69, 9.17) is 14.5 Å². The van der Waals surface area contributed by atoms with Gasteiger partial charge in [-0.3, -0.25) is 4.79 Å². The van der Waals surface area contributed by atoms with Crippen molar-refractivity contribution in [2.24, 2.45) is 5.92 Å². The first-order valence-electron chi connectivity index (χ1n) is 12.8. The number of fused-ring (bicyclic) bond motifs is 1. The van der Waals surface area contributed by atoms with E-state index in [9.17, 15) is 13.2 Å². The van der Waals surface area contributed by atoms with E-state index >= 15 is 0 Å². The molecule has 10 heteroatoms. The van der Waals surface area contributed by atoms with Crippen LogP contribution in [0.5, 0.6) is 5.75 Å². The Balaban J connectivity index is 1.46. The smallest absolute Gasteiger partial charge is 0.308 e. The first-order valence-corrected chi connectivity index (χ1v) is 15.2. The topological polar surface area (TPSA) is 90.7 Å². The Kier molecular flexibility index (Phi) is 7.90. The van der Waals surface area contributed by atoms with Gasteiger partial charge in [0, 0.05) is 37.9 Å². The van der Waals surface area contributed by atoms with Crippen LogP contribution in [-0.4, -0.2) is 54.0 Å². The van der Waals surface area contributed by atoms with E-state index < -0.39 is 10.0 Å². The third-order valence-electron chi connectivity index (χ3n) is 6.94. The summed E-state index contributed by atoms with van der Waals surface area (Å²) in [5.74, 6) is 1.08. The van der Waals surface area contributed by atoms with Gasteiger partial charge in [0.2, 0.25) is 10.0 Å². The molecule has 2 saturated heterocycles. The number of hydrogen-bond donors (Lipinski definition) is 0. The van der Waals surface area contributed by atoms with E-state index in [-0.39, 0.29) is 17.0 Å². The van der Waals surface area contributed by atoms with Crippen molar-refractivity contribution in [2.45, 2.75) is 68.0 Å². The van der Waals surface area contributed by atoms with Crippen molar-refractivity contribution in [3.05, 3.63) is 48.0 Å². The summed E-state index contributed by atoms with van der Waals surface area (Å²) in [5, 5.41) is 0.782. The molecule has 2 atom stereocenters. The van der Waals surface area contributed by atoms with Crippen molar-refractivity contribution in [2.75, 3.05) is 19.7 Å². The summed E-state index contributed by atoms with van der Waals surface area (Å²) < 4.78 is 41.8. The van der Waals surface area contributed by atoms with Gasteiger partial charge in [0.25, 0.3) is 0 Å². The van der Waals surface area contributed by atoms with Crippen LogP contribution in [0.15, 0.2) is 52.5 Å². The van der Waals surface area contributed by atoms with E-state index in [1.54, 1.807) is 22.5 Å². The van der Waals surface area contributed by atoms with Crippen LogP contribution in [0.25, 0.3) is 11.0 Å². The molecule has 5 rings (SSSR count). The van der Waals surface area contributed by atoms with Crippen molar-refractivity contribution in [1.82, 2.24) is 13.9 Å². The predicted octanol–water partition coefficient (Wildman–Crippen LogP) is 4.85. The van der Waals surface area contributed by atoms with Gasteiger partial charge in [-0.05, 0) is 55.9 Å². The largest absolute Gasteiger partial charge is 0.426 e. The van der Waals surface area contributed by atoms with Crippen LogP contribution in [0.2, 0.25) is 0 Å². The highest BCUT2D eigenvalue weighted by Gasteiger charge is 2.29. The molecular weight excluding hydrogens is 510 g/mol. The maximum absolute atomic E-state index is 13.4. The second kappa shape index (κ2) is 11.1. The standard InChI is InChI=1S/C27H33N3O5S2/c1-19-7-5-13-29(16-19)37(32,33)23-11-12-25-24(15-23)28-27(30(25)17-22-9-6-14-34-22)36-18-21-8-3-4-10-26(21)35-20(2)31/h3-4,8,10-12,15,19,22H,5-7,9,13-14,16-18H2,1-2H3. The fourth-order valence-corrected chi connectivity index (χ4v) is 7.69. The fraction of sp³-hybridized carbons (Fsp3) is 0.481. The molecule has 0 amide bonds. The molecule has 198 valence electrons. The number of thioether (sulfide) groups is 1. The molecule has 0 aliphatic carbocycles. The van der Waals surface area contributed by atoms with Gasteiger partial charge >= 0.3 is 5.97 Å². The number of ether oxygens (including phenoxy) is 2. The highest BCUT2D eigenvalue weighted by molar-refractivity contribution is 7.98. The third-order valence-corrected chi connectivity index (χ3v) is 9.82. The zero-order valence-corrected chi connectivity index (χ0v) is 22.9. The van der Waals surface area contributed by atoms with Crippen LogP contribution in [-0.2, 0) is 31.9 Å². The quantitative estimate of drug-likeness (QED) is 0.228. The molecule has 37 heavy (non-hydrogen) atoms. The Hall–Kier alpha value is -2.40. The highest BCUT2D eigenvalue weighted by Crippen LogP contribution is 2.33. The number of carbonyl (C=O) groups excluding carboxylic acids is 1. The lowest BCUT2D eigenvalue weighted by atomic mass is 10.0. The number of para-hydroxylation sites is 1. The number of hydrogen-bond acceptors (Lipinski definition) is 7. The molecule has 2 aliphatic rings. The van der Waals surface area contributed by atoms with Gasteiger partial charge in [0.15, 0.2) is 5.16 Å². The van der Waals surface area contributed by atoms with Crippen molar-refractivity contribution in [1.29, 1.82) is 0 Å². The normalized spacial score (nSPS) is 20.9. The molecule has 0 saturated carbocycles. The maximum Gasteiger partial charge on any atom is 0.308 e. The molecule has 3 heterocycles. The molecule has 2 aromatic carbocycles. The van der Waals surface area contributed by atoms with Crippen LogP contribution in [0, 0.1) is 5.92 Å². The van der Waals surface area contributed by atoms with Crippen molar-refractivity contribution >= 4 is 38.8 Å². The minimum atomic E-state index is -3.58. The Bertz CT molecular complexity index is 1380. The molecule has 2 fully saturated rings. The molecule has 1 aromatic heterocycles. The lowest BCUT2D eigenvalue weighted by Crippen LogP contribution is -2.39. The number of nitrogens with zero attached hydrogens (tertiary/aromatic N) is 3. The van der Waals surface area contributed by atoms with Crippen molar-refractivity contribution < 1.29 is 22.7 Å². The van der Waals surface area contributed by atoms with E-state index in [0.717, 1.165) is 48.5 Å². The lowest BCUT2D eigenvalue weighted by molar-refractivity contribution is -0.131. The van der Waals surface area contributed by atoms with Crippen LogP contribution in [0.4, 0.5) is 0 Å². The summed E-state index contributed by atoms with van der Waals surface area (Å²) in [4.78, 5) is 16.7. The summed E-state index contributed by atoms with van der Waals surface area (Å²) in [5.41, 5.74) is 2.43. The molecule has 2 aliphatic heterocycles. The Morgan fingerprint density at radius 3 is 2.78 bits per heavy atom. The van der Waals surface area contributed by atoms with E-state index in [1.165, 1.54) is 18.7 Å². The van der Waals surface area contributed by atoms with Gasteiger partial charge in [-0.2, -0.15) is 4.31 Å². The van der Waals surface area contributed by atoms with Crippen LogP contribution >= 0.6 is 11.8 Å². The number of aromatic nitrogens is 2. The average molecular weight is 544 g/mol. The first kappa shape index (κ1) is 26.2. The number of benzene rings is 2. The monoisotopic (exact) mass is 543 g/mol. The molecule has 0 bridgehead atoms. The number of piperidine rings is 1. The third kappa shape index (κ3) is 5.87. The SMILES string of the molecule is CC(=O)Oc1ccccc1CSc1nc2cc(S(=O)(=O)N3CCCC(C)C3)ccc2n1CC1CCCO1. The first-order chi connectivity index (χ1) is 17.8. The summed E-state index contributed by atoms with van der Waals surface area (Å²) in [6, 6.07) is 12.7.